The molecule has 0 radical (unpaired) electrons. The van der Waals surface area contributed by atoms with Crippen molar-refractivity contribution in [1.29, 1.82) is 5.26 Å². The summed E-state index contributed by atoms with van der Waals surface area (Å²) in [4.78, 5) is 19.7. The Labute approximate surface area is 215 Å². The SMILES string of the molecule is CCC(CC)(NC(=O)/C(C#N)=C/c1ccccn1)c1ccc(OCCOCCN2CCCCC2)cc1. The Hall–Kier alpha value is -3.21. The summed E-state index contributed by atoms with van der Waals surface area (Å²) in [5, 5.41) is 12.7. The van der Waals surface area contributed by atoms with Gasteiger partial charge in [-0.05, 0) is 74.7 Å². The molecular weight excluding hydrogens is 452 g/mol. The van der Waals surface area contributed by atoms with Gasteiger partial charge >= 0.3 is 0 Å². The number of hydrogen-bond acceptors (Lipinski definition) is 6. The molecule has 0 aliphatic carbocycles. The number of piperidine rings is 1. The first kappa shape index (κ1) is 27.4. The minimum Gasteiger partial charge on any atom is -0.491 e. The Morgan fingerprint density at radius 3 is 2.47 bits per heavy atom. The average Bonchev–Trinajstić information content (AvgIpc) is 2.93. The Kier molecular flexibility index (Phi) is 10.9. The Morgan fingerprint density at radius 1 is 1.08 bits per heavy atom. The van der Waals surface area contributed by atoms with Gasteiger partial charge in [0, 0.05) is 12.7 Å². The number of amides is 1. The molecule has 0 bridgehead atoms. The largest absolute Gasteiger partial charge is 0.491 e. The molecule has 1 fully saturated rings. The number of rotatable bonds is 13. The van der Waals surface area contributed by atoms with E-state index in [1.807, 2.05) is 50.2 Å². The lowest BCUT2D eigenvalue weighted by Crippen LogP contribution is -2.45. The molecule has 0 saturated carbocycles. The molecule has 7 nitrogen and oxygen atoms in total. The molecule has 1 aliphatic rings. The summed E-state index contributed by atoms with van der Waals surface area (Å²) in [7, 11) is 0. The van der Waals surface area contributed by atoms with Crippen LogP contribution in [0.4, 0.5) is 0 Å². The van der Waals surface area contributed by atoms with Crippen LogP contribution >= 0.6 is 0 Å². The lowest BCUT2D eigenvalue weighted by atomic mass is 9.84. The number of hydrogen-bond donors (Lipinski definition) is 1. The highest BCUT2D eigenvalue weighted by atomic mass is 16.5. The third-order valence-electron chi connectivity index (χ3n) is 6.81. The van der Waals surface area contributed by atoms with Crippen LogP contribution in [0.5, 0.6) is 5.75 Å². The summed E-state index contributed by atoms with van der Waals surface area (Å²) in [6.07, 6.45) is 8.44. The molecular formula is C29H38N4O3. The van der Waals surface area contributed by atoms with Crippen molar-refractivity contribution in [1.82, 2.24) is 15.2 Å². The van der Waals surface area contributed by atoms with E-state index in [4.69, 9.17) is 9.47 Å². The third kappa shape index (κ3) is 7.91. The lowest BCUT2D eigenvalue weighted by molar-refractivity contribution is -0.119. The van der Waals surface area contributed by atoms with Gasteiger partial charge in [0.25, 0.3) is 5.91 Å². The smallest absolute Gasteiger partial charge is 0.262 e. The second-order valence-corrected chi connectivity index (χ2v) is 9.06. The number of carbonyl (C=O) groups is 1. The molecule has 0 atom stereocenters. The van der Waals surface area contributed by atoms with Gasteiger partial charge in [0.15, 0.2) is 0 Å². The summed E-state index contributed by atoms with van der Waals surface area (Å²) < 4.78 is 11.6. The van der Waals surface area contributed by atoms with Crippen LogP contribution in [-0.4, -0.2) is 55.2 Å². The van der Waals surface area contributed by atoms with Crippen molar-refractivity contribution in [2.45, 2.75) is 51.5 Å². The van der Waals surface area contributed by atoms with Gasteiger partial charge in [0.05, 0.1) is 24.4 Å². The van der Waals surface area contributed by atoms with E-state index < -0.39 is 11.4 Å². The number of carbonyl (C=O) groups excluding carboxylic acids is 1. The van der Waals surface area contributed by atoms with Crippen molar-refractivity contribution in [2.75, 3.05) is 39.5 Å². The fourth-order valence-corrected chi connectivity index (χ4v) is 4.52. The van der Waals surface area contributed by atoms with Gasteiger partial charge in [-0.2, -0.15) is 5.26 Å². The van der Waals surface area contributed by atoms with E-state index in [1.54, 1.807) is 18.3 Å². The Morgan fingerprint density at radius 2 is 1.83 bits per heavy atom. The van der Waals surface area contributed by atoms with Crippen molar-refractivity contribution in [3.05, 3.63) is 65.5 Å². The second-order valence-electron chi connectivity index (χ2n) is 9.06. The standard InChI is InChI=1S/C29H38N4O3/c1-3-29(4-2,32-28(34)24(23-30)22-26-10-6-7-15-31-26)25-11-13-27(14-12-25)36-21-20-35-19-18-33-16-8-5-9-17-33/h6-7,10-15,22H,3-5,8-9,16-21H2,1-2H3,(H,32,34)/b24-22+. The van der Waals surface area contributed by atoms with Crippen LogP contribution in [0.1, 0.15) is 57.2 Å². The molecule has 1 N–H and O–H groups in total. The summed E-state index contributed by atoms with van der Waals surface area (Å²) in [5.41, 5.74) is 0.980. The van der Waals surface area contributed by atoms with Gasteiger partial charge in [-0.15, -0.1) is 0 Å². The minimum absolute atomic E-state index is 0.0280. The first-order valence-corrected chi connectivity index (χ1v) is 13.0. The van der Waals surface area contributed by atoms with E-state index in [2.05, 4.69) is 15.2 Å². The van der Waals surface area contributed by atoms with Crippen LogP contribution < -0.4 is 10.1 Å². The number of ether oxygens (including phenoxy) is 2. The summed E-state index contributed by atoms with van der Waals surface area (Å²) in [6, 6.07) is 15.2. The fourth-order valence-electron chi connectivity index (χ4n) is 4.52. The van der Waals surface area contributed by atoms with Gasteiger partial charge in [-0.25, -0.2) is 0 Å². The lowest BCUT2D eigenvalue weighted by Gasteiger charge is -2.33. The number of nitrogens with zero attached hydrogens (tertiary/aromatic N) is 3. The predicted octanol–water partition coefficient (Wildman–Crippen LogP) is 4.70. The van der Waals surface area contributed by atoms with Crippen molar-refractivity contribution >= 4 is 12.0 Å². The number of benzene rings is 1. The van der Waals surface area contributed by atoms with Crippen LogP contribution in [0.2, 0.25) is 0 Å². The van der Waals surface area contributed by atoms with Gasteiger partial charge < -0.3 is 19.7 Å². The van der Waals surface area contributed by atoms with Crippen LogP contribution in [0.15, 0.2) is 54.2 Å². The molecule has 1 amide bonds. The summed E-state index contributed by atoms with van der Waals surface area (Å²) in [6.45, 7) is 9.20. The van der Waals surface area contributed by atoms with Crippen LogP contribution in [0, 0.1) is 11.3 Å². The number of nitriles is 1. The molecule has 1 aliphatic heterocycles. The van der Waals surface area contributed by atoms with Crippen molar-refractivity contribution in [3.8, 4) is 11.8 Å². The number of pyridine rings is 1. The monoisotopic (exact) mass is 490 g/mol. The quantitative estimate of drug-likeness (QED) is 0.249. The average molecular weight is 491 g/mol. The van der Waals surface area contributed by atoms with Gasteiger partial charge in [0.2, 0.25) is 0 Å². The first-order valence-electron chi connectivity index (χ1n) is 13.0. The maximum atomic E-state index is 13.0. The van der Waals surface area contributed by atoms with E-state index in [0.29, 0.717) is 31.7 Å². The summed E-state index contributed by atoms with van der Waals surface area (Å²) in [5.74, 6) is 0.354. The van der Waals surface area contributed by atoms with Crippen molar-refractivity contribution < 1.29 is 14.3 Å². The first-order chi connectivity index (χ1) is 17.6. The summed E-state index contributed by atoms with van der Waals surface area (Å²) >= 11 is 0. The van der Waals surface area contributed by atoms with Crippen molar-refractivity contribution in [3.63, 3.8) is 0 Å². The molecule has 1 aromatic heterocycles. The normalized spacial score (nSPS) is 14.8. The Balaban J connectivity index is 1.53. The molecule has 7 heteroatoms. The van der Waals surface area contributed by atoms with Gasteiger partial charge in [-0.1, -0.05) is 38.5 Å². The molecule has 36 heavy (non-hydrogen) atoms. The minimum atomic E-state index is -0.590. The zero-order valence-electron chi connectivity index (χ0n) is 21.5. The highest BCUT2D eigenvalue weighted by molar-refractivity contribution is 6.01. The Bertz CT molecular complexity index is 1010. The van der Waals surface area contributed by atoms with Gasteiger partial charge in [0.1, 0.15) is 24.0 Å². The van der Waals surface area contributed by atoms with E-state index >= 15 is 0 Å². The fraction of sp³-hybridized carbons (Fsp3) is 0.483. The topological polar surface area (TPSA) is 87.5 Å². The number of likely N-dealkylation sites (tertiary alicyclic amines) is 1. The maximum absolute atomic E-state index is 13.0. The highest BCUT2D eigenvalue weighted by Crippen LogP contribution is 2.30. The second kappa shape index (κ2) is 14.4. The molecule has 3 rings (SSSR count). The van der Waals surface area contributed by atoms with Crippen molar-refractivity contribution in [2.24, 2.45) is 0 Å². The number of nitrogens with one attached hydrogen (secondary N) is 1. The van der Waals surface area contributed by atoms with E-state index in [1.165, 1.54) is 38.4 Å². The molecule has 2 heterocycles. The molecule has 2 aromatic rings. The van der Waals surface area contributed by atoms with E-state index in [9.17, 15) is 10.1 Å². The van der Waals surface area contributed by atoms with Crippen LogP contribution in [-0.2, 0) is 15.1 Å². The maximum Gasteiger partial charge on any atom is 0.262 e. The predicted molar refractivity (Wildman–Crippen MR) is 141 cm³/mol. The molecule has 1 saturated heterocycles. The third-order valence-corrected chi connectivity index (χ3v) is 6.81. The van der Waals surface area contributed by atoms with Crippen LogP contribution in [0.3, 0.4) is 0 Å². The highest BCUT2D eigenvalue weighted by Gasteiger charge is 2.31. The molecule has 0 spiro atoms. The van der Waals surface area contributed by atoms with Gasteiger partial charge in [-0.3, -0.25) is 9.78 Å². The number of aromatic nitrogens is 1. The van der Waals surface area contributed by atoms with E-state index in [-0.39, 0.29) is 5.57 Å². The van der Waals surface area contributed by atoms with Crippen LogP contribution in [0.25, 0.3) is 6.08 Å². The molecule has 192 valence electrons. The van der Waals surface area contributed by atoms with E-state index in [0.717, 1.165) is 24.5 Å². The zero-order valence-corrected chi connectivity index (χ0v) is 21.5. The molecule has 1 aromatic carbocycles. The molecule has 0 unspecified atom stereocenters. The zero-order chi connectivity index (χ0) is 25.6.